The summed E-state index contributed by atoms with van der Waals surface area (Å²) in [6.07, 6.45) is 0.0823. The molecule has 1 saturated carbocycles. The van der Waals surface area contributed by atoms with Crippen LogP contribution in [0.4, 0.5) is 8.78 Å². The van der Waals surface area contributed by atoms with Crippen molar-refractivity contribution in [1.29, 1.82) is 0 Å². The zero-order valence-electron chi connectivity index (χ0n) is 6.93. The Kier molecular flexibility index (Phi) is 4.81. The lowest BCUT2D eigenvalue weighted by atomic mass is 10.4. The van der Waals surface area contributed by atoms with E-state index in [-0.39, 0.29) is 30.8 Å². The molecule has 2 atom stereocenters. The van der Waals surface area contributed by atoms with Gasteiger partial charge in [0.1, 0.15) is 0 Å². The third kappa shape index (κ3) is 3.92. The Morgan fingerprint density at radius 2 is 2.17 bits per heavy atom. The molecule has 2 unspecified atom stereocenters. The Morgan fingerprint density at radius 1 is 1.67 bits per heavy atom. The second-order valence-electron chi connectivity index (χ2n) is 3.18. The summed E-state index contributed by atoms with van der Waals surface area (Å²) in [4.78, 5) is 0. The Labute approximate surface area is 81.9 Å². The van der Waals surface area contributed by atoms with Crippen molar-refractivity contribution in [2.24, 2.45) is 11.7 Å². The van der Waals surface area contributed by atoms with E-state index in [9.17, 15) is 8.78 Å². The molecule has 0 radical (unpaired) electrons. The lowest BCUT2D eigenvalue weighted by Gasteiger charge is -2.03. The van der Waals surface area contributed by atoms with Gasteiger partial charge in [-0.25, -0.2) is 8.78 Å². The first kappa shape index (κ1) is 12.5. The third-order valence-corrected chi connectivity index (χ3v) is 3.06. The molecule has 74 valence electrons. The molecule has 5 heteroatoms. The fraction of sp³-hybridized carbons (Fsp3) is 1.00. The molecule has 0 bridgehead atoms. The van der Waals surface area contributed by atoms with Gasteiger partial charge in [-0.15, -0.1) is 12.4 Å². The average Bonchev–Trinajstić information content (AvgIpc) is 2.39. The second-order valence-corrected chi connectivity index (χ2v) is 4.25. The van der Waals surface area contributed by atoms with Crippen LogP contribution >= 0.6 is 24.2 Å². The molecular formula is C7H14ClF2NS. The summed E-state index contributed by atoms with van der Waals surface area (Å²) in [5, 5.41) is 0. The van der Waals surface area contributed by atoms with E-state index in [4.69, 9.17) is 5.73 Å². The fourth-order valence-corrected chi connectivity index (χ4v) is 2.00. The van der Waals surface area contributed by atoms with E-state index < -0.39 is 5.92 Å². The van der Waals surface area contributed by atoms with Crippen molar-refractivity contribution in [3.8, 4) is 0 Å². The van der Waals surface area contributed by atoms with E-state index in [0.29, 0.717) is 5.75 Å². The van der Waals surface area contributed by atoms with E-state index >= 15 is 0 Å². The Morgan fingerprint density at radius 3 is 2.50 bits per heavy atom. The van der Waals surface area contributed by atoms with Gasteiger partial charge in [-0.2, -0.15) is 11.8 Å². The van der Waals surface area contributed by atoms with E-state index in [1.807, 2.05) is 6.92 Å². The maximum Gasteiger partial charge on any atom is 0.252 e. The lowest BCUT2D eigenvalue weighted by Crippen LogP contribution is -2.18. The molecule has 1 aliphatic rings. The van der Waals surface area contributed by atoms with E-state index in [0.717, 1.165) is 5.75 Å². The predicted octanol–water partition coefficient (Wildman–Crippen LogP) is 2.14. The zero-order valence-corrected chi connectivity index (χ0v) is 8.56. The molecular weight excluding hydrogens is 204 g/mol. The van der Waals surface area contributed by atoms with Gasteiger partial charge in [0.05, 0.1) is 0 Å². The quantitative estimate of drug-likeness (QED) is 0.781. The summed E-state index contributed by atoms with van der Waals surface area (Å²) in [5.41, 5.74) is 5.46. The molecule has 0 aromatic rings. The van der Waals surface area contributed by atoms with Crippen LogP contribution in [-0.2, 0) is 0 Å². The topological polar surface area (TPSA) is 26.0 Å². The number of hydrogen-bond donors (Lipinski definition) is 1. The second kappa shape index (κ2) is 4.63. The molecule has 1 aliphatic carbocycles. The highest BCUT2D eigenvalue weighted by Crippen LogP contribution is 2.49. The summed E-state index contributed by atoms with van der Waals surface area (Å²) in [6, 6.07) is 0.118. The van der Waals surface area contributed by atoms with Crippen LogP contribution in [0.3, 0.4) is 0 Å². The summed E-state index contributed by atoms with van der Waals surface area (Å²) in [6.45, 7) is 1.89. The molecule has 1 rings (SSSR count). The number of thioether (sulfide) groups is 1. The van der Waals surface area contributed by atoms with Gasteiger partial charge in [-0.3, -0.25) is 0 Å². The normalized spacial score (nSPS) is 27.5. The predicted molar refractivity (Wildman–Crippen MR) is 51.3 cm³/mol. The Hall–Kier alpha value is 0.460. The van der Waals surface area contributed by atoms with Crippen LogP contribution in [0, 0.1) is 5.92 Å². The van der Waals surface area contributed by atoms with Gasteiger partial charge in [0.25, 0.3) is 5.92 Å². The zero-order chi connectivity index (χ0) is 8.48. The van der Waals surface area contributed by atoms with Crippen LogP contribution in [0.25, 0.3) is 0 Å². The van der Waals surface area contributed by atoms with Gasteiger partial charge in [0, 0.05) is 29.9 Å². The number of alkyl halides is 2. The molecule has 1 fully saturated rings. The SMILES string of the molecule is CC(N)CSCC1CC1(F)F.Cl. The number of rotatable bonds is 4. The first-order valence-corrected chi connectivity index (χ1v) is 4.89. The number of halogens is 3. The summed E-state index contributed by atoms with van der Waals surface area (Å²) in [5.74, 6) is -1.38. The standard InChI is InChI=1S/C7H13F2NS.ClH/c1-5(10)3-11-4-6-2-7(6,8)9;/h5-6H,2-4,10H2,1H3;1H. The molecule has 2 N–H and O–H groups in total. The van der Waals surface area contributed by atoms with E-state index in [1.165, 1.54) is 11.8 Å². The molecule has 1 nitrogen and oxygen atoms in total. The Balaban J connectivity index is 0.00000121. The molecule has 0 aliphatic heterocycles. The molecule has 12 heavy (non-hydrogen) atoms. The van der Waals surface area contributed by atoms with Crippen LogP contribution in [0.5, 0.6) is 0 Å². The summed E-state index contributed by atoms with van der Waals surface area (Å²) >= 11 is 1.53. The third-order valence-electron chi connectivity index (χ3n) is 1.66. The number of nitrogens with two attached hydrogens (primary N) is 1. The van der Waals surface area contributed by atoms with Crippen LogP contribution in [0.1, 0.15) is 13.3 Å². The van der Waals surface area contributed by atoms with Gasteiger partial charge in [-0.05, 0) is 6.92 Å². The van der Waals surface area contributed by atoms with Crippen molar-refractivity contribution >= 4 is 24.2 Å². The number of hydrogen-bond acceptors (Lipinski definition) is 2. The van der Waals surface area contributed by atoms with Gasteiger partial charge in [-0.1, -0.05) is 0 Å². The largest absolute Gasteiger partial charge is 0.327 e. The molecule has 0 saturated heterocycles. The first-order valence-electron chi connectivity index (χ1n) is 3.73. The van der Waals surface area contributed by atoms with Crippen LogP contribution in [0.2, 0.25) is 0 Å². The summed E-state index contributed by atoms with van der Waals surface area (Å²) in [7, 11) is 0. The highest BCUT2D eigenvalue weighted by atomic mass is 35.5. The first-order chi connectivity index (χ1) is 5.02. The summed E-state index contributed by atoms with van der Waals surface area (Å²) < 4.78 is 24.6. The van der Waals surface area contributed by atoms with Gasteiger partial charge in [0.2, 0.25) is 0 Å². The molecule has 0 spiro atoms. The van der Waals surface area contributed by atoms with Crippen LogP contribution in [0.15, 0.2) is 0 Å². The fourth-order valence-electron chi connectivity index (χ4n) is 0.847. The molecule has 0 amide bonds. The smallest absolute Gasteiger partial charge is 0.252 e. The lowest BCUT2D eigenvalue weighted by molar-refractivity contribution is 0.103. The van der Waals surface area contributed by atoms with Gasteiger partial charge >= 0.3 is 0 Å². The van der Waals surface area contributed by atoms with Crippen molar-refractivity contribution in [2.75, 3.05) is 11.5 Å². The van der Waals surface area contributed by atoms with Crippen LogP contribution in [-0.4, -0.2) is 23.5 Å². The minimum Gasteiger partial charge on any atom is -0.327 e. The van der Waals surface area contributed by atoms with Crippen molar-refractivity contribution in [1.82, 2.24) is 0 Å². The van der Waals surface area contributed by atoms with E-state index in [2.05, 4.69) is 0 Å². The minimum absolute atomic E-state index is 0. The maximum absolute atomic E-state index is 12.3. The van der Waals surface area contributed by atoms with Gasteiger partial charge in [0.15, 0.2) is 0 Å². The maximum atomic E-state index is 12.3. The molecule has 0 aromatic carbocycles. The van der Waals surface area contributed by atoms with Crippen LogP contribution < -0.4 is 5.73 Å². The monoisotopic (exact) mass is 217 g/mol. The minimum atomic E-state index is -2.36. The highest BCUT2D eigenvalue weighted by Gasteiger charge is 2.56. The molecule has 0 heterocycles. The van der Waals surface area contributed by atoms with Crippen molar-refractivity contribution in [3.63, 3.8) is 0 Å². The van der Waals surface area contributed by atoms with Crippen molar-refractivity contribution < 1.29 is 8.78 Å². The Bertz CT molecular complexity index is 143. The van der Waals surface area contributed by atoms with E-state index in [1.54, 1.807) is 0 Å². The van der Waals surface area contributed by atoms with Crippen molar-refractivity contribution in [2.45, 2.75) is 25.3 Å². The highest BCUT2D eigenvalue weighted by molar-refractivity contribution is 7.99. The van der Waals surface area contributed by atoms with Gasteiger partial charge < -0.3 is 5.73 Å². The molecule has 0 aromatic heterocycles. The average molecular weight is 218 g/mol. The van der Waals surface area contributed by atoms with Crippen molar-refractivity contribution in [3.05, 3.63) is 0 Å².